The lowest BCUT2D eigenvalue weighted by molar-refractivity contribution is -0.139. The maximum Gasteiger partial charge on any atom is 0.408 e. The summed E-state index contributed by atoms with van der Waals surface area (Å²) in [6, 6.07) is 11.4. The number of halogens is 1. The van der Waals surface area contributed by atoms with Crippen LogP contribution in [0.2, 0.25) is 0 Å². The number of amides is 2. The molecule has 0 aromatic heterocycles. The molecule has 8 heteroatoms. The summed E-state index contributed by atoms with van der Waals surface area (Å²) < 4.78 is 18.0. The van der Waals surface area contributed by atoms with Gasteiger partial charge in [-0.2, -0.15) is 0 Å². The van der Waals surface area contributed by atoms with Crippen molar-refractivity contribution in [1.82, 2.24) is 5.32 Å². The number of unbranched alkanes of at least 4 members (excludes halogenated alkanes) is 1. The van der Waals surface area contributed by atoms with Crippen LogP contribution in [0, 0.1) is 5.82 Å². The van der Waals surface area contributed by atoms with Crippen LogP contribution >= 0.6 is 0 Å². The second-order valence-electron chi connectivity index (χ2n) is 6.80. The summed E-state index contributed by atoms with van der Waals surface area (Å²) >= 11 is 0. The topological polar surface area (TPSA) is 105 Å². The Labute approximate surface area is 174 Å². The minimum Gasteiger partial charge on any atom is -0.480 e. The largest absolute Gasteiger partial charge is 0.480 e. The third-order valence-corrected chi connectivity index (χ3v) is 4.32. The minimum atomic E-state index is -1.10. The van der Waals surface area contributed by atoms with Crippen LogP contribution in [-0.4, -0.2) is 29.1 Å². The first-order valence-corrected chi connectivity index (χ1v) is 9.66. The number of carbonyl (C=O) groups excluding carboxylic acids is 2. The van der Waals surface area contributed by atoms with Crippen molar-refractivity contribution in [3.8, 4) is 0 Å². The number of aliphatic carboxylic acids is 1. The maximum absolute atomic E-state index is 12.9. The Hall–Kier alpha value is -3.42. The highest BCUT2D eigenvalue weighted by Gasteiger charge is 2.19. The summed E-state index contributed by atoms with van der Waals surface area (Å²) in [5.41, 5.74) is 1.95. The number of benzene rings is 2. The summed E-state index contributed by atoms with van der Waals surface area (Å²) in [6.07, 6.45) is 1.18. The quantitative estimate of drug-likeness (QED) is 0.545. The van der Waals surface area contributed by atoms with E-state index < -0.39 is 18.1 Å². The molecule has 0 radical (unpaired) electrons. The van der Waals surface area contributed by atoms with Crippen LogP contribution in [0.5, 0.6) is 0 Å². The lowest BCUT2D eigenvalue weighted by Gasteiger charge is -2.14. The van der Waals surface area contributed by atoms with Crippen LogP contribution < -0.4 is 10.6 Å². The molecule has 2 rings (SSSR count). The van der Waals surface area contributed by atoms with Gasteiger partial charge in [-0.1, -0.05) is 44.0 Å². The monoisotopic (exact) mass is 416 g/mol. The second-order valence-corrected chi connectivity index (χ2v) is 6.80. The Balaban J connectivity index is 1.79. The van der Waals surface area contributed by atoms with Gasteiger partial charge in [0.05, 0.1) is 6.42 Å². The zero-order valence-electron chi connectivity index (χ0n) is 16.7. The molecule has 2 amide bonds. The van der Waals surface area contributed by atoms with Gasteiger partial charge in [-0.25, -0.2) is 14.0 Å². The zero-order chi connectivity index (χ0) is 21.9. The van der Waals surface area contributed by atoms with Crippen LogP contribution in [-0.2, 0) is 27.4 Å². The summed E-state index contributed by atoms with van der Waals surface area (Å²) in [6.45, 7) is 1.90. The number of hydrogen-bond acceptors (Lipinski definition) is 4. The van der Waals surface area contributed by atoms with Crippen molar-refractivity contribution in [2.45, 2.75) is 45.3 Å². The molecule has 0 bridgehead atoms. The van der Waals surface area contributed by atoms with E-state index in [0.29, 0.717) is 29.7 Å². The number of rotatable bonds is 10. The summed E-state index contributed by atoms with van der Waals surface area (Å²) in [4.78, 5) is 35.0. The Bertz CT molecular complexity index is 853. The molecular formula is C22H25FN2O5. The van der Waals surface area contributed by atoms with Crippen molar-refractivity contribution in [2.75, 3.05) is 5.32 Å². The highest BCUT2D eigenvalue weighted by molar-refractivity contribution is 5.92. The molecule has 3 N–H and O–H groups in total. The zero-order valence-corrected chi connectivity index (χ0v) is 16.7. The number of hydrogen-bond donors (Lipinski definition) is 3. The van der Waals surface area contributed by atoms with Crippen molar-refractivity contribution < 1.29 is 28.6 Å². The van der Waals surface area contributed by atoms with Gasteiger partial charge in [-0.05, 0) is 41.8 Å². The molecule has 0 aliphatic carbocycles. The fourth-order valence-corrected chi connectivity index (χ4v) is 2.68. The van der Waals surface area contributed by atoms with Crippen LogP contribution in [0.4, 0.5) is 14.9 Å². The fraction of sp³-hybridized carbons (Fsp3) is 0.318. The van der Waals surface area contributed by atoms with Crippen LogP contribution in [0.1, 0.15) is 37.3 Å². The van der Waals surface area contributed by atoms with E-state index in [1.165, 1.54) is 12.1 Å². The molecule has 0 unspecified atom stereocenters. The first-order chi connectivity index (χ1) is 14.4. The van der Waals surface area contributed by atoms with Gasteiger partial charge in [0.25, 0.3) is 0 Å². The van der Waals surface area contributed by atoms with Gasteiger partial charge < -0.3 is 20.5 Å². The second kappa shape index (κ2) is 11.5. The standard InChI is InChI=1S/C22H25FN2O5/c1-2-3-4-19(21(27)28)25-22(29)30-14-16-7-11-18(12-8-16)24-20(26)13-15-5-9-17(23)10-6-15/h5-12,19H,2-4,13-14H2,1H3,(H,24,26)(H,25,29)(H,27,28)/t19-/m0/s1. The van der Waals surface area contributed by atoms with Crippen LogP contribution in [0.25, 0.3) is 0 Å². The van der Waals surface area contributed by atoms with Crippen molar-refractivity contribution >= 4 is 23.7 Å². The number of carboxylic acid groups (broad SMARTS) is 1. The Kier molecular flexibility index (Phi) is 8.80. The van der Waals surface area contributed by atoms with Crippen molar-refractivity contribution in [1.29, 1.82) is 0 Å². The Morgan fingerprint density at radius 3 is 2.27 bits per heavy atom. The van der Waals surface area contributed by atoms with Gasteiger partial charge in [0.15, 0.2) is 0 Å². The molecule has 30 heavy (non-hydrogen) atoms. The molecule has 0 heterocycles. The molecule has 0 spiro atoms. The number of ether oxygens (including phenoxy) is 1. The van der Waals surface area contributed by atoms with E-state index in [0.717, 1.165) is 6.42 Å². The fourth-order valence-electron chi connectivity index (χ4n) is 2.68. The summed E-state index contributed by atoms with van der Waals surface area (Å²) in [7, 11) is 0. The lowest BCUT2D eigenvalue weighted by atomic mass is 10.1. The average Bonchev–Trinajstić information content (AvgIpc) is 2.72. The molecule has 160 valence electrons. The predicted molar refractivity (Wildman–Crippen MR) is 109 cm³/mol. The van der Waals surface area contributed by atoms with Gasteiger partial charge >= 0.3 is 12.1 Å². The third-order valence-electron chi connectivity index (χ3n) is 4.32. The van der Waals surface area contributed by atoms with Gasteiger partial charge in [-0.15, -0.1) is 0 Å². The SMILES string of the molecule is CCCC[C@H](NC(=O)OCc1ccc(NC(=O)Cc2ccc(F)cc2)cc1)C(=O)O. The van der Waals surface area contributed by atoms with Gasteiger partial charge in [-0.3, -0.25) is 4.79 Å². The van der Waals surface area contributed by atoms with E-state index >= 15 is 0 Å². The van der Waals surface area contributed by atoms with Gasteiger partial charge in [0.1, 0.15) is 18.5 Å². The smallest absolute Gasteiger partial charge is 0.408 e. The first-order valence-electron chi connectivity index (χ1n) is 9.66. The van der Waals surface area contributed by atoms with Crippen LogP contribution in [0.3, 0.4) is 0 Å². The van der Waals surface area contributed by atoms with Crippen molar-refractivity contribution in [3.63, 3.8) is 0 Å². The molecule has 1 atom stereocenters. The summed E-state index contributed by atoms with van der Waals surface area (Å²) in [5.74, 6) is -1.69. The normalized spacial score (nSPS) is 11.4. The van der Waals surface area contributed by atoms with Crippen molar-refractivity contribution in [2.24, 2.45) is 0 Å². The molecule has 0 saturated carbocycles. The number of carbonyl (C=O) groups is 3. The van der Waals surface area contributed by atoms with E-state index in [9.17, 15) is 18.8 Å². The van der Waals surface area contributed by atoms with Crippen LogP contribution in [0.15, 0.2) is 48.5 Å². The number of nitrogens with one attached hydrogen (secondary N) is 2. The molecule has 2 aromatic carbocycles. The molecule has 2 aromatic rings. The Morgan fingerprint density at radius 2 is 1.67 bits per heavy atom. The molecule has 7 nitrogen and oxygen atoms in total. The van der Waals surface area contributed by atoms with Gasteiger partial charge in [0.2, 0.25) is 5.91 Å². The third kappa shape index (κ3) is 7.90. The van der Waals surface area contributed by atoms with E-state index in [1.54, 1.807) is 36.4 Å². The number of carboxylic acids is 1. The summed E-state index contributed by atoms with van der Waals surface area (Å²) in [5, 5.41) is 14.2. The molecule has 0 saturated heterocycles. The first kappa shape index (κ1) is 22.9. The van der Waals surface area contributed by atoms with E-state index in [1.807, 2.05) is 6.92 Å². The van der Waals surface area contributed by atoms with E-state index in [-0.39, 0.29) is 24.8 Å². The number of alkyl carbamates (subject to hydrolysis) is 1. The molecular weight excluding hydrogens is 391 g/mol. The van der Waals surface area contributed by atoms with Crippen molar-refractivity contribution in [3.05, 3.63) is 65.5 Å². The maximum atomic E-state index is 12.9. The minimum absolute atomic E-state index is 0.0320. The van der Waals surface area contributed by atoms with E-state index in [2.05, 4.69) is 10.6 Å². The predicted octanol–water partition coefficient (Wildman–Crippen LogP) is 3.88. The molecule has 0 fully saturated rings. The molecule has 0 aliphatic heterocycles. The molecule has 0 aliphatic rings. The highest BCUT2D eigenvalue weighted by Crippen LogP contribution is 2.12. The number of anilines is 1. The van der Waals surface area contributed by atoms with Gasteiger partial charge in [0, 0.05) is 5.69 Å². The highest BCUT2D eigenvalue weighted by atomic mass is 19.1. The Morgan fingerprint density at radius 1 is 1.03 bits per heavy atom. The van der Waals surface area contributed by atoms with E-state index in [4.69, 9.17) is 9.84 Å². The average molecular weight is 416 g/mol. The lowest BCUT2D eigenvalue weighted by Crippen LogP contribution is -2.40.